The molecule has 2 aliphatic rings. The first-order chi connectivity index (χ1) is 14.7. The summed E-state index contributed by atoms with van der Waals surface area (Å²) >= 11 is 0. The van der Waals surface area contributed by atoms with E-state index in [-0.39, 0.29) is 35.4 Å². The smallest absolute Gasteiger partial charge is 0.294 e. The molecule has 2 aromatic carbocycles. The summed E-state index contributed by atoms with van der Waals surface area (Å²) in [6.45, 7) is 0. The Balaban J connectivity index is 1.86. The highest BCUT2D eigenvalue weighted by molar-refractivity contribution is 6.07. The Morgan fingerprint density at radius 1 is 1.00 bits per heavy atom. The summed E-state index contributed by atoms with van der Waals surface area (Å²) in [6.07, 6.45) is -3.88. The Morgan fingerprint density at radius 3 is 2.32 bits per heavy atom. The van der Waals surface area contributed by atoms with Gasteiger partial charge >= 0.3 is 6.18 Å². The van der Waals surface area contributed by atoms with Gasteiger partial charge in [0.25, 0.3) is 5.69 Å². The molecule has 2 aromatic rings. The zero-order valence-electron chi connectivity index (χ0n) is 16.2. The second kappa shape index (κ2) is 7.64. The molecular formula is C22H17F3N2O4. The molecule has 0 bridgehead atoms. The minimum absolute atomic E-state index is 0.0885. The molecule has 1 heterocycles. The minimum Gasteiger partial charge on any atom is -0.294 e. The monoisotopic (exact) mass is 430 g/mol. The number of carbonyl (C=O) groups excluding carboxylic acids is 2. The number of rotatable bonds is 3. The van der Waals surface area contributed by atoms with Crippen LogP contribution >= 0.6 is 0 Å². The Bertz CT molecular complexity index is 1110. The third kappa shape index (κ3) is 3.71. The molecule has 1 atom stereocenters. The maximum atomic E-state index is 13.6. The zero-order chi connectivity index (χ0) is 22.3. The fourth-order valence-corrected chi connectivity index (χ4v) is 4.34. The molecule has 0 N–H and O–H groups in total. The lowest BCUT2D eigenvalue weighted by atomic mass is 9.76. The van der Waals surface area contributed by atoms with Crippen molar-refractivity contribution in [3.63, 3.8) is 0 Å². The van der Waals surface area contributed by atoms with Crippen molar-refractivity contribution >= 4 is 23.1 Å². The van der Waals surface area contributed by atoms with Crippen LogP contribution in [0.4, 0.5) is 24.5 Å². The molecule has 1 amide bonds. The molecule has 0 spiro atoms. The predicted molar refractivity (Wildman–Crippen MR) is 105 cm³/mol. The van der Waals surface area contributed by atoms with Gasteiger partial charge in [-0.3, -0.25) is 24.6 Å². The minimum atomic E-state index is -4.62. The number of halogens is 3. The topological polar surface area (TPSA) is 80.5 Å². The van der Waals surface area contributed by atoms with Crippen LogP contribution in [0.25, 0.3) is 0 Å². The lowest BCUT2D eigenvalue weighted by molar-refractivity contribution is -0.384. The number of Topliss-reactive ketones (excluding diaryl/α,β-unsaturated/α-hetero) is 1. The summed E-state index contributed by atoms with van der Waals surface area (Å²) in [5.41, 5.74) is -0.153. The number of benzene rings is 2. The molecule has 31 heavy (non-hydrogen) atoms. The van der Waals surface area contributed by atoms with E-state index in [4.69, 9.17) is 0 Å². The fourth-order valence-electron chi connectivity index (χ4n) is 4.34. The van der Waals surface area contributed by atoms with Gasteiger partial charge in [0.15, 0.2) is 5.78 Å². The molecule has 1 aliphatic heterocycles. The number of carbonyl (C=O) groups is 2. The fraction of sp³-hybridized carbons (Fsp3) is 0.273. The molecule has 160 valence electrons. The predicted octanol–water partition coefficient (Wildman–Crippen LogP) is 5.14. The summed E-state index contributed by atoms with van der Waals surface area (Å²) in [6, 6.07) is 10.3. The molecule has 0 aromatic heterocycles. The van der Waals surface area contributed by atoms with Crippen LogP contribution in [0.5, 0.6) is 0 Å². The van der Waals surface area contributed by atoms with E-state index in [2.05, 4.69) is 0 Å². The quantitative estimate of drug-likeness (QED) is 0.499. The zero-order valence-corrected chi connectivity index (χ0v) is 16.2. The highest BCUT2D eigenvalue weighted by atomic mass is 19.4. The maximum Gasteiger partial charge on any atom is 0.416 e. The second-order valence-corrected chi connectivity index (χ2v) is 7.48. The van der Waals surface area contributed by atoms with E-state index in [1.165, 1.54) is 47.4 Å². The Hall–Kier alpha value is -3.49. The van der Waals surface area contributed by atoms with Crippen LogP contribution in [0.3, 0.4) is 0 Å². The molecule has 0 saturated carbocycles. The molecule has 0 fully saturated rings. The van der Waals surface area contributed by atoms with Crippen molar-refractivity contribution in [1.82, 2.24) is 0 Å². The highest BCUT2D eigenvalue weighted by Gasteiger charge is 2.43. The van der Waals surface area contributed by atoms with Crippen molar-refractivity contribution < 1.29 is 27.7 Å². The SMILES string of the molecule is O=C1CCCC2=C1C(c1ccccc1C(F)(F)F)CC(=O)N2c1ccc([N+](=O)[O-])cc1. The summed E-state index contributed by atoms with van der Waals surface area (Å²) in [5.74, 6) is -1.71. The number of nitro groups is 1. The van der Waals surface area contributed by atoms with Gasteiger partial charge in [-0.05, 0) is 36.6 Å². The number of alkyl halides is 3. The average Bonchev–Trinajstić information content (AvgIpc) is 2.73. The number of anilines is 1. The van der Waals surface area contributed by atoms with Crippen molar-refractivity contribution in [3.05, 3.63) is 81.0 Å². The van der Waals surface area contributed by atoms with Gasteiger partial charge in [-0.2, -0.15) is 13.2 Å². The van der Waals surface area contributed by atoms with Crippen molar-refractivity contribution in [2.75, 3.05) is 4.90 Å². The maximum absolute atomic E-state index is 13.6. The molecule has 0 radical (unpaired) electrons. The van der Waals surface area contributed by atoms with Crippen LogP contribution in [-0.2, 0) is 15.8 Å². The number of ketones is 1. The third-order valence-electron chi connectivity index (χ3n) is 5.64. The first-order valence-electron chi connectivity index (χ1n) is 9.68. The molecule has 6 nitrogen and oxygen atoms in total. The van der Waals surface area contributed by atoms with Gasteiger partial charge in [-0.1, -0.05) is 18.2 Å². The van der Waals surface area contributed by atoms with Crippen molar-refractivity contribution in [1.29, 1.82) is 0 Å². The van der Waals surface area contributed by atoms with Crippen LogP contribution < -0.4 is 4.90 Å². The molecule has 9 heteroatoms. The van der Waals surface area contributed by atoms with Gasteiger partial charge in [-0.25, -0.2) is 0 Å². The van der Waals surface area contributed by atoms with Gasteiger partial charge in [0.05, 0.1) is 10.5 Å². The summed E-state index contributed by atoms with van der Waals surface area (Å²) in [7, 11) is 0. The van der Waals surface area contributed by atoms with Crippen LogP contribution in [0, 0.1) is 10.1 Å². The first kappa shape index (κ1) is 20.8. The Kier molecular flexibility index (Phi) is 5.12. The summed E-state index contributed by atoms with van der Waals surface area (Å²) < 4.78 is 40.8. The number of nitrogens with zero attached hydrogens (tertiary/aromatic N) is 2. The number of allylic oxidation sites excluding steroid dienone is 2. The molecule has 4 rings (SSSR count). The summed E-state index contributed by atoms with van der Waals surface area (Å²) in [4.78, 5) is 37.6. The van der Waals surface area contributed by atoms with Gasteiger partial charge in [0.2, 0.25) is 5.91 Å². The van der Waals surface area contributed by atoms with E-state index in [1.807, 2.05) is 0 Å². The van der Waals surface area contributed by atoms with E-state index in [0.29, 0.717) is 24.2 Å². The number of hydrogen-bond acceptors (Lipinski definition) is 4. The highest BCUT2D eigenvalue weighted by Crippen LogP contribution is 2.46. The van der Waals surface area contributed by atoms with E-state index in [9.17, 15) is 32.9 Å². The van der Waals surface area contributed by atoms with Gasteiger partial charge < -0.3 is 0 Å². The van der Waals surface area contributed by atoms with E-state index in [1.54, 1.807) is 0 Å². The van der Waals surface area contributed by atoms with Crippen molar-refractivity contribution in [2.24, 2.45) is 0 Å². The van der Waals surface area contributed by atoms with E-state index in [0.717, 1.165) is 6.07 Å². The van der Waals surface area contributed by atoms with Crippen LogP contribution in [0.2, 0.25) is 0 Å². The van der Waals surface area contributed by atoms with Crippen molar-refractivity contribution in [3.8, 4) is 0 Å². The number of amides is 1. The number of non-ortho nitro benzene ring substituents is 1. The molecular weight excluding hydrogens is 413 g/mol. The average molecular weight is 430 g/mol. The van der Waals surface area contributed by atoms with E-state index >= 15 is 0 Å². The van der Waals surface area contributed by atoms with Crippen molar-refractivity contribution in [2.45, 2.75) is 37.8 Å². The first-order valence-corrected chi connectivity index (χ1v) is 9.68. The van der Waals surface area contributed by atoms with Gasteiger partial charge in [0, 0.05) is 47.8 Å². The Labute approximate surface area is 175 Å². The lowest BCUT2D eigenvalue weighted by Gasteiger charge is -2.38. The summed E-state index contributed by atoms with van der Waals surface area (Å²) in [5, 5.41) is 10.9. The normalized spacial score (nSPS) is 19.5. The number of hydrogen-bond donors (Lipinski definition) is 0. The molecule has 1 aliphatic carbocycles. The van der Waals surface area contributed by atoms with Crippen LogP contribution in [-0.4, -0.2) is 16.6 Å². The third-order valence-corrected chi connectivity index (χ3v) is 5.64. The van der Waals surface area contributed by atoms with Crippen LogP contribution in [0.1, 0.15) is 42.7 Å². The van der Waals surface area contributed by atoms with E-state index < -0.39 is 28.5 Å². The second-order valence-electron chi connectivity index (χ2n) is 7.48. The lowest BCUT2D eigenvalue weighted by Crippen LogP contribution is -2.41. The van der Waals surface area contributed by atoms with Gasteiger partial charge in [0.1, 0.15) is 0 Å². The Morgan fingerprint density at radius 2 is 1.68 bits per heavy atom. The largest absolute Gasteiger partial charge is 0.416 e. The van der Waals surface area contributed by atoms with Crippen LogP contribution in [0.15, 0.2) is 59.8 Å². The molecule has 0 saturated heterocycles. The number of nitro benzene ring substituents is 1. The standard InChI is InChI=1S/C22H17F3N2O4/c23-22(24,25)17-5-2-1-4-15(17)16-12-20(29)26(18-6-3-7-19(28)21(16)18)13-8-10-14(11-9-13)27(30)31/h1-2,4-5,8-11,16H,3,6-7,12H2. The molecule has 1 unspecified atom stereocenters. The van der Waals surface area contributed by atoms with Gasteiger partial charge in [-0.15, -0.1) is 0 Å².